The number of nitro groups is 1. The number of halogens is 2. The molecule has 1 aliphatic heterocycles. The molecule has 0 bridgehead atoms. The number of non-ortho nitro benzene ring substituents is 1. The van der Waals surface area contributed by atoms with Gasteiger partial charge in [-0.05, 0) is 36.4 Å². The van der Waals surface area contributed by atoms with Crippen LogP contribution in [0.25, 0.3) is 6.08 Å². The number of benzene rings is 2. The number of nitrogens with zero attached hydrogens (tertiary/aromatic N) is 2. The Morgan fingerprint density at radius 2 is 1.76 bits per heavy atom. The van der Waals surface area contributed by atoms with Crippen molar-refractivity contribution in [3.8, 4) is 0 Å². The molecule has 126 valence electrons. The molecule has 9 heteroatoms. The maximum Gasteiger partial charge on any atom is 0.333 e. The predicted molar refractivity (Wildman–Crippen MR) is 93.6 cm³/mol. The number of imide groups is 1. The summed E-state index contributed by atoms with van der Waals surface area (Å²) < 4.78 is 0. The Hall–Kier alpha value is -2.90. The Morgan fingerprint density at radius 1 is 1.08 bits per heavy atom. The summed E-state index contributed by atoms with van der Waals surface area (Å²) in [6.45, 7) is 0. The van der Waals surface area contributed by atoms with E-state index in [9.17, 15) is 19.7 Å². The summed E-state index contributed by atoms with van der Waals surface area (Å²) in [5, 5.41) is 14.0. The summed E-state index contributed by atoms with van der Waals surface area (Å²) in [5.41, 5.74) is 0.378. The van der Waals surface area contributed by atoms with Gasteiger partial charge in [-0.3, -0.25) is 14.9 Å². The van der Waals surface area contributed by atoms with Crippen molar-refractivity contribution in [3.63, 3.8) is 0 Å². The first-order valence-corrected chi connectivity index (χ1v) is 7.69. The van der Waals surface area contributed by atoms with Crippen LogP contribution in [0.4, 0.5) is 16.2 Å². The van der Waals surface area contributed by atoms with Crippen LogP contribution in [0.5, 0.6) is 0 Å². The number of urea groups is 1. The molecule has 1 aliphatic rings. The molecule has 0 aliphatic carbocycles. The van der Waals surface area contributed by atoms with Gasteiger partial charge in [-0.1, -0.05) is 23.2 Å². The van der Waals surface area contributed by atoms with E-state index in [-0.39, 0.29) is 22.0 Å². The Balaban J connectivity index is 1.97. The van der Waals surface area contributed by atoms with Crippen molar-refractivity contribution >= 4 is 52.6 Å². The summed E-state index contributed by atoms with van der Waals surface area (Å²) in [4.78, 5) is 35.8. The Bertz CT molecular complexity index is 925. The second-order valence-electron chi connectivity index (χ2n) is 5.07. The van der Waals surface area contributed by atoms with E-state index in [4.69, 9.17) is 23.2 Å². The molecule has 0 aromatic heterocycles. The number of rotatable bonds is 3. The van der Waals surface area contributed by atoms with Gasteiger partial charge >= 0.3 is 6.03 Å². The topological polar surface area (TPSA) is 92.5 Å². The van der Waals surface area contributed by atoms with Crippen molar-refractivity contribution in [1.82, 2.24) is 5.32 Å². The van der Waals surface area contributed by atoms with Gasteiger partial charge in [0.2, 0.25) is 0 Å². The summed E-state index contributed by atoms with van der Waals surface area (Å²) in [6, 6.07) is 9.35. The normalized spacial score (nSPS) is 15.6. The van der Waals surface area contributed by atoms with Crippen LogP contribution in [-0.2, 0) is 4.79 Å². The molecule has 0 saturated carbocycles. The molecule has 1 saturated heterocycles. The highest BCUT2D eigenvalue weighted by Gasteiger charge is 2.35. The van der Waals surface area contributed by atoms with Gasteiger partial charge in [0.1, 0.15) is 5.70 Å². The highest BCUT2D eigenvalue weighted by Crippen LogP contribution is 2.27. The zero-order valence-electron chi connectivity index (χ0n) is 12.4. The maximum atomic E-state index is 12.5. The zero-order chi connectivity index (χ0) is 18.1. The van der Waals surface area contributed by atoms with Gasteiger partial charge in [-0.2, -0.15) is 0 Å². The van der Waals surface area contributed by atoms with Gasteiger partial charge in [-0.15, -0.1) is 0 Å². The van der Waals surface area contributed by atoms with Gasteiger partial charge in [-0.25, -0.2) is 9.69 Å². The number of carbonyl (C=O) groups excluding carboxylic acids is 2. The molecule has 0 unspecified atom stereocenters. The van der Waals surface area contributed by atoms with Crippen molar-refractivity contribution in [2.75, 3.05) is 4.90 Å². The summed E-state index contributed by atoms with van der Waals surface area (Å²) >= 11 is 11.8. The maximum absolute atomic E-state index is 12.5. The van der Waals surface area contributed by atoms with Crippen LogP contribution in [-0.4, -0.2) is 16.9 Å². The number of nitro benzene ring substituents is 1. The van der Waals surface area contributed by atoms with E-state index in [0.717, 1.165) is 4.90 Å². The number of anilines is 1. The molecule has 1 N–H and O–H groups in total. The molecule has 3 rings (SSSR count). The smallest absolute Gasteiger partial charge is 0.302 e. The number of hydrogen-bond acceptors (Lipinski definition) is 4. The van der Waals surface area contributed by atoms with Crippen LogP contribution in [0.15, 0.2) is 48.2 Å². The largest absolute Gasteiger partial charge is 0.333 e. The number of nitrogens with one attached hydrogen (secondary N) is 1. The monoisotopic (exact) mass is 377 g/mol. The lowest BCUT2D eigenvalue weighted by Crippen LogP contribution is -2.30. The minimum Gasteiger partial charge on any atom is -0.302 e. The SMILES string of the molecule is O=C1N/C(=C/c2cc([N+](=O)[O-])ccc2Cl)C(=O)N1c1ccc(Cl)cc1. The van der Waals surface area contributed by atoms with Crippen molar-refractivity contribution in [1.29, 1.82) is 0 Å². The molecule has 0 atom stereocenters. The summed E-state index contributed by atoms with van der Waals surface area (Å²) in [7, 11) is 0. The lowest BCUT2D eigenvalue weighted by Gasteiger charge is -2.11. The molecular weight excluding hydrogens is 369 g/mol. The van der Waals surface area contributed by atoms with Gasteiger partial charge in [0.15, 0.2) is 0 Å². The molecule has 1 heterocycles. The molecule has 0 radical (unpaired) electrons. The van der Waals surface area contributed by atoms with Crippen LogP contribution in [0.3, 0.4) is 0 Å². The van der Waals surface area contributed by atoms with Crippen molar-refractivity contribution in [2.45, 2.75) is 0 Å². The average molecular weight is 378 g/mol. The van der Waals surface area contributed by atoms with Gasteiger partial charge in [0, 0.05) is 27.7 Å². The molecule has 1 fully saturated rings. The fraction of sp³-hybridized carbons (Fsp3) is 0. The third-order valence-electron chi connectivity index (χ3n) is 3.45. The Morgan fingerprint density at radius 3 is 2.40 bits per heavy atom. The van der Waals surface area contributed by atoms with E-state index in [1.54, 1.807) is 12.1 Å². The number of carbonyl (C=O) groups is 2. The van der Waals surface area contributed by atoms with Crippen LogP contribution < -0.4 is 10.2 Å². The number of amides is 3. The Kier molecular flexibility index (Phi) is 4.43. The van der Waals surface area contributed by atoms with E-state index in [2.05, 4.69) is 5.32 Å². The zero-order valence-corrected chi connectivity index (χ0v) is 13.9. The van der Waals surface area contributed by atoms with Gasteiger partial charge in [0.05, 0.1) is 10.6 Å². The first-order valence-electron chi connectivity index (χ1n) is 6.93. The Labute approximate surface area is 151 Å². The standard InChI is InChI=1S/C16H9Cl2N3O4/c17-10-1-3-11(4-2-10)20-15(22)14(19-16(20)23)8-9-7-12(21(24)25)5-6-13(9)18/h1-8H,(H,19,23)/b14-8+. The predicted octanol–water partition coefficient (Wildman–Crippen LogP) is 4.00. The minimum absolute atomic E-state index is 0.0395. The van der Waals surface area contributed by atoms with Crippen LogP contribution in [0.1, 0.15) is 5.56 Å². The highest BCUT2D eigenvalue weighted by atomic mass is 35.5. The van der Waals surface area contributed by atoms with E-state index in [1.807, 2.05) is 0 Å². The fourth-order valence-electron chi connectivity index (χ4n) is 2.27. The first-order chi connectivity index (χ1) is 11.9. The second kappa shape index (κ2) is 6.54. The van der Waals surface area contributed by atoms with Crippen molar-refractivity contribution in [2.24, 2.45) is 0 Å². The molecular formula is C16H9Cl2N3O4. The summed E-state index contributed by atoms with van der Waals surface area (Å²) in [5.74, 6) is -0.602. The molecule has 25 heavy (non-hydrogen) atoms. The van der Waals surface area contributed by atoms with Gasteiger partial charge in [0.25, 0.3) is 11.6 Å². The van der Waals surface area contributed by atoms with E-state index < -0.39 is 16.9 Å². The number of hydrogen-bond donors (Lipinski definition) is 1. The van der Waals surface area contributed by atoms with E-state index in [1.165, 1.54) is 36.4 Å². The second-order valence-corrected chi connectivity index (χ2v) is 5.91. The van der Waals surface area contributed by atoms with Crippen LogP contribution >= 0.6 is 23.2 Å². The lowest BCUT2D eigenvalue weighted by atomic mass is 10.1. The fourth-order valence-corrected chi connectivity index (χ4v) is 2.57. The minimum atomic E-state index is -0.639. The third-order valence-corrected chi connectivity index (χ3v) is 4.05. The molecule has 2 aromatic carbocycles. The molecule has 0 spiro atoms. The van der Waals surface area contributed by atoms with E-state index in [0.29, 0.717) is 10.7 Å². The van der Waals surface area contributed by atoms with Crippen molar-refractivity contribution in [3.05, 3.63) is 73.9 Å². The highest BCUT2D eigenvalue weighted by molar-refractivity contribution is 6.33. The van der Waals surface area contributed by atoms with E-state index >= 15 is 0 Å². The first kappa shape index (κ1) is 16.9. The van der Waals surface area contributed by atoms with Gasteiger partial charge < -0.3 is 5.32 Å². The van der Waals surface area contributed by atoms with Crippen LogP contribution in [0.2, 0.25) is 10.0 Å². The molecule has 2 aromatic rings. The molecule has 7 nitrogen and oxygen atoms in total. The van der Waals surface area contributed by atoms with Crippen molar-refractivity contribution < 1.29 is 14.5 Å². The lowest BCUT2D eigenvalue weighted by molar-refractivity contribution is -0.384. The average Bonchev–Trinajstić information content (AvgIpc) is 2.84. The third kappa shape index (κ3) is 3.33. The molecule has 3 amide bonds. The van der Waals surface area contributed by atoms with Crippen LogP contribution in [0, 0.1) is 10.1 Å². The quantitative estimate of drug-likeness (QED) is 0.378. The summed E-state index contributed by atoms with van der Waals surface area (Å²) in [6.07, 6.45) is 1.30.